The molecule has 0 saturated heterocycles. The van der Waals surface area contributed by atoms with Crippen molar-refractivity contribution in [1.82, 2.24) is 15.3 Å². The van der Waals surface area contributed by atoms with Crippen LogP contribution in [0.5, 0.6) is 0 Å². The van der Waals surface area contributed by atoms with Crippen LogP contribution in [-0.4, -0.2) is 38.5 Å². The van der Waals surface area contributed by atoms with E-state index in [0.29, 0.717) is 11.3 Å². The van der Waals surface area contributed by atoms with Gasteiger partial charge in [-0.1, -0.05) is 18.7 Å². The van der Waals surface area contributed by atoms with E-state index in [1.54, 1.807) is 24.2 Å². The second kappa shape index (κ2) is 5.99. The van der Waals surface area contributed by atoms with E-state index in [2.05, 4.69) is 29.1 Å². The number of aliphatic hydroxyl groups excluding tert-OH is 1. The Morgan fingerprint density at radius 2 is 2.17 bits per heavy atom. The molecule has 0 amide bonds. The standard InChI is InChI=1S/C13H21N3OS/c1-10(18-12-14-6-3-7-15-12)8-13(2,9-17)16-11-4-5-11/h3,6-7,10-11,16-17H,4-5,8-9H2,1-2H3. The zero-order valence-corrected chi connectivity index (χ0v) is 11.8. The second-order valence-corrected chi connectivity index (χ2v) is 6.71. The minimum atomic E-state index is -0.192. The molecule has 1 saturated carbocycles. The highest BCUT2D eigenvalue weighted by molar-refractivity contribution is 7.99. The van der Waals surface area contributed by atoms with Crippen LogP contribution in [0, 0.1) is 0 Å². The summed E-state index contributed by atoms with van der Waals surface area (Å²) in [5.74, 6) is 0. The van der Waals surface area contributed by atoms with Crippen LogP contribution in [0.2, 0.25) is 0 Å². The highest BCUT2D eigenvalue weighted by atomic mass is 32.2. The zero-order chi connectivity index (χ0) is 13.0. The molecule has 1 aliphatic carbocycles. The Labute approximate surface area is 113 Å². The lowest BCUT2D eigenvalue weighted by atomic mass is 9.97. The van der Waals surface area contributed by atoms with Crippen molar-refractivity contribution in [2.45, 2.75) is 55.1 Å². The van der Waals surface area contributed by atoms with Gasteiger partial charge in [-0.3, -0.25) is 0 Å². The molecule has 2 atom stereocenters. The van der Waals surface area contributed by atoms with Crippen molar-refractivity contribution in [1.29, 1.82) is 0 Å². The lowest BCUT2D eigenvalue weighted by Crippen LogP contribution is -2.48. The topological polar surface area (TPSA) is 58.0 Å². The Morgan fingerprint density at radius 1 is 1.50 bits per heavy atom. The van der Waals surface area contributed by atoms with Gasteiger partial charge in [0, 0.05) is 29.2 Å². The summed E-state index contributed by atoms with van der Waals surface area (Å²) in [7, 11) is 0. The number of hydrogen-bond acceptors (Lipinski definition) is 5. The monoisotopic (exact) mass is 267 g/mol. The van der Waals surface area contributed by atoms with Gasteiger partial charge in [0.15, 0.2) is 5.16 Å². The van der Waals surface area contributed by atoms with Gasteiger partial charge in [0.1, 0.15) is 0 Å². The Morgan fingerprint density at radius 3 is 2.72 bits per heavy atom. The quantitative estimate of drug-likeness (QED) is 0.583. The largest absolute Gasteiger partial charge is 0.394 e. The van der Waals surface area contributed by atoms with Crippen LogP contribution in [0.25, 0.3) is 0 Å². The fraction of sp³-hybridized carbons (Fsp3) is 0.692. The van der Waals surface area contributed by atoms with Crippen molar-refractivity contribution >= 4 is 11.8 Å². The van der Waals surface area contributed by atoms with Crippen molar-refractivity contribution in [2.75, 3.05) is 6.61 Å². The lowest BCUT2D eigenvalue weighted by Gasteiger charge is -2.31. The summed E-state index contributed by atoms with van der Waals surface area (Å²) in [4.78, 5) is 8.43. The number of rotatable bonds is 7. The normalized spacial score (nSPS) is 20.4. The highest BCUT2D eigenvalue weighted by Gasteiger charge is 2.33. The van der Waals surface area contributed by atoms with E-state index in [9.17, 15) is 5.11 Å². The predicted octanol–water partition coefficient (Wildman–Crippen LogP) is 1.85. The summed E-state index contributed by atoms with van der Waals surface area (Å²) in [6, 6.07) is 2.42. The van der Waals surface area contributed by atoms with Crippen LogP contribution in [0.3, 0.4) is 0 Å². The first kappa shape index (κ1) is 13.8. The molecular formula is C13H21N3OS. The maximum Gasteiger partial charge on any atom is 0.187 e. The van der Waals surface area contributed by atoms with Crippen molar-refractivity contribution in [2.24, 2.45) is 0 Å². The van der Waals surface area contributed by atoms with Gasteiger partial charge >= 0.3 is 0 Å². The lowest BCUT2D eigenvalue weighted by molar-refractivity contribution is 0.164. The van der Waals surface area contributed by atoms with Gasteiger partial charge in [0.2, 0.25) is 0 Å². The molecule has 2 N–H and O–H groups in total. The number of nitrogens with one attached hydrogen (secondary N) is 1. The van der Waals surface area contributed by atoms with Gasteiger partial charge in [-0.15, -0.1) is 0 Å². The van der Waals surface area contributed by atoms with Crippen molar-refractivity contribution in [3.05, 3.63) is 18.5 Å². The molecule has 100 valence electrons. The van der Waals surface area contributed by atoms with E-state index in [4.69, 9.17) is 0 Å². The molecule has 0 aromatic carbocycles. The summed E-state index contributed by atoms with van der Waals surface area (Å²) in [6.07, 6.45) is 6.90. The molecule has 1 heterocycles. The molecule has 0 bridgehead atoms. The predicted molar refractivity (Wildman–Crippen MR) is 73.6 cm³/mol. The smallest absolute Gasteiger partial charge is 0.187 e. The van der Waals surface area contributed by atoms with Crippen LogP contribution in [0.1, 0.15) is 33.1 Å². The maximum atomic E-state index is 9.57. The molecular weight excluding hydrogens is 246 g/mol. The molecule has 1 fully saturated rings. The Balaban J connectivity index is 1.86. The molecule has 4 nitrogen and oxygen atoms in total. The second-order valence-electron chi connectivity index (χ2n) is 5.30. The van der Waals surface area contributed by atoms with E-state index in [-0.39, 0.29) is 12.1 Å². The van der Waals surface area contributed by atoms with Gasteiger partial charge in [0.05, 0.1) is 6.61 Å². The molecule has 2 rings (SSSR count). The Hall–Kier alpha value is -0.650. The first-order valence-electron chi connectivity index (χ1n) is 6.43. The van der Waals surface area contributed by atoms with E-state index in [1.807, 2.05) is 6.07 Å². The Kier molecular flexibility index (Phi) is 4.59. The minimum absolute atomic E-state index is 0.171. The van der Waals surface area contributed by atoms with Gasteiger partial charge in [-0.05, 0) is 32.3 Å². The van der Waals surface area contributed by atoms with Crippen LogP contribution in [0.15, 0.2) is 23.6 Å². The summed E-state index contributed by atoms with van der Waals surface area (Å²) in [5.41, 5.74) is -0.192. The summed E-state index contributed by atoms with van der Waals surface area (Å²) in [5, 5.41) is 14.3. The van der Waals surface area contributed by atoms with Crippen LogP contribution in [-0.2, 0) is 0 Å². The maximum absolute atomic E-state index is 9.57. The first-order chi connectivity index (χ1) is 8.61. The molecule has 0 spiro atoms. The van der Waals surface area contributed by atoms with E-state index in [0.717, 1.165) is 11.6 Å². The molecule has 18 heavy (non-hydrogen) atoms. The number of aromatic nitrogens is 2. The fourth-order valence-electron chi connectivity index (χ4n) is 2.09. The van der Waals surface area contributed by atoms with Crippen molar-refractivity contribution in [3.8, 4) is 0 Å². The van der Waals surface area contributed by atoms with Crippen molar-refractivity contribution in [3.63, 3.8) is 0 Å². The van der Waals surface area contributed by atoms with Crippen LogP contribution >= 0.6 is 11.8 Å². The third-order valence-electron chi connectivity index (χ3n) is 3.07. The molecule has 0 aliphatic heterocycles. The molecule has 2 unspecified atom stereocenters. The van der Waals surface area contributed by atoms with Gasteiger partial charge < -0.3 is 10.4 Å². The summed E-state index contributed by atoms with van der Waals surface area (Å²) < 4.78 is 0. The number of thioether (sulfide) groups is 1. The minimum Gasteiger partial charge on any atom is -0.394 e. The van der Waals surface area contributed by atoms with E-state index in [1.165, 1.54) is 12.8 Å². The number of nitrogens with zero attached hydrogens (tertiary/aromatic N) is 2. The molecule has 1 aromatic heterocycles. The van der Waals surface area contributed by atoms with E-state index < -0.39 is 0 Å². The third kappa shape index (κ3) is 4.23. The van der Waals surface area contributed by atoms with Crippen molar-refractivity contribution < 1.29 is 5.11 Å². The molecule has 5 heteroatoms. The number of aliphatic hydroxyl groups is 1. The van der Waals surface area contributed by atoms with Gasteiger partial charge in [0.25, 0.3) is 0 Å². The molecule has 1 aromatic rings. The van der Waals surface area contributed by atoms with Crippen LogP contribution < -0.4 is 5.32 Å². The van der Waals surface area contributed by atoms with Gasteiger partial charge in [-0.2, -0.15) is 0 Å². The highest BCUT2D eigenvalue weighted by Crippen LogP contribution is 2.29. The Bertz CT molecular complexity index is 372. The fourth-order valence-corrected chi connectivity index (χ4v) is 3.15. The average molecular weight is 267 g/mol. The molecule has 1 aliphatic rings. The average Bonchev–Trinajstić information content (AvgIpc) is 3.13. The zero-order valence-electron chi connectivity index (χ0n) is 11.0. The SMILES string of the molecule is CC(CC(C)(CO)NC1CC1)Sc1ncccn1. The third-order valence-corrected chi connectivity index (χ3v) is 4.06. The van der Waals surface area contributed by atoms with Crippen LogP contribution in [0.4, 0.5) is 0 Å². The summed E-state index contributed by atoms with van der Waals surface area (Å²) in [6.45, 7) is 4.42. The first-order valence-corrected chi connectivity index (χ1v) is 7.31. The molecule has 0 radical (unpaired) electrons. The summed E-state index contributed by atoms with van der Waals surface area (Å²) >= 11 is 1.66. The van der Waals surface area contributed by atoms with E-state index >= 15 is 0 Å². The number of hydrogen-bond donors (Lipinski definition) is 2. The van der Waals surface area contributed by atoms with Gasteiger partial charge in [-0.25, -0.2) is 9.97 Å².